The van der Waals surface area contributed by atoms with Crippen LogP contribution in [-0.2, 0) is 6.54 Å². The standard InChI is InChI=1S/C13H23N3S.HI/c1-3-4-5-6-8-15-13(14-2)16-10-12-7-9-17-11-12;/h7,9,11H,3-6,8,10H2,1-2H3,(H2,14,15,16);1H. The molecular formula is C13H24IN3S. The Morgan fingerprint density at radius 3 is 2.72 bits per heavy atom. The highest BCUT2D eigenvalue weighted by molar-refractivity contribution is 14.0. The van der Waals surface area contributed by atoms with Crippen LogP contribution < -0.4 is 10.6 Å². The van der Waals surface area contributed by atoms with E-state index in [-0.39, 0.29) is 24.0 Å². The normalized spacial score (nSPS) is 10.9. The molecule has 0 aliphatic heterocycles. The Kier molecular flexibility index (Phi) is 11.6. The molecule has 3 nitrogen and oxygen atoms in total. The SMILES string of the molecule is CCCCCCNC(=NC)NCc1ccsc1.I. The monoisotopic (exact) mass is 381 g/mol. The molecular weight excluding hydrogens is 357 g/mol. The predicted octanol–water partition coefficient (Wildman–Crippen LogP) is 3.61. The Morgan fingerprint density at radius 1 is 1.28 bits per heavy atom. The van der Waals surface area contributed by atoms with E-state index < -0.39 is 0 Å². The van der Waals surface area contributed by atoms with E-state index in [4.69, 9.17) is 0 Å². The van der Waals surface area contributed by atoms with Crippen LogP contribution in [0, 0.1) is 0 Å². The van der Waals surface area contributed by atoms with E-state index >= 15 is 0 Å². The molecule has 0 unspecified atom stereocenters. The number of unbranched alkanes of at least 4 members (excludes halogenated alkanes) is 3. The second-order valence-electron chi connectivity index (χ2n) is 4.04. The van der Waals surface area contributed by atoms with Crippen molar-refractivity contribution in [1.82, 2.24) is 10.6 Å². The quantitative estimate of drug-likeness (QED) is 0.328. The smallest absolute Gasteiger partial charge is 0.191 e. The predicted molar refractivity (Wildman–Crippen MR) is 92.1 cm³/mol. The van der Waals surface area contributed by atoms with Gasteiger partial charge in [-0.3, -0.25) is 4.99 Å². The minimum Gasteiger partial charge on any atom is -0.356 e. The molecule has 0 saturated heterocycles. The van der Waals surface area contributed by atoms with Crippen molar-refractivity contribution >= 4 is 41.3 Å². The topological polar surface area (TPSA) is 36.4 Å². The summed E-state index contributed by atoms with van der Waals surface area (Å²) in [6.07, 6.45) is 5.12. The molecule has 1 heterocycles. The lowest BCUT2D eigenvalue weighted by molar-refractivity contribution is 0.647. The number of rotatable bonds is 7. The fourth-order valence-electron chi connectivity index (χ4n) is 1.56. The van der Waals surface area contributed by atoms with Gasteiger partial charge in [0.15, 0.2) is 5.96 Å². The van der Waals surface area contributed by atoms with Gasteiger partial charge in [-0.1, -0.05) is 26.2 Å². The Labute approximate surface area is 131 Å². The maximum atomic E-state index is 4.20. The van der Waals surface area contributed by atoms with Crippen LogP contribution in [0.25, 0.3) is 0 Å². The van der Waals surface area contributed by atoms with E-state index in [1.807, 2.05) is 7.05 Å². The summed E-state index contributed by atoms with van der Waals surface area (Å²) >= 11 is 1.73. The van der Waals surface area contributed by atoms with E-state index in [1.165, 1.54) is 31.2 Å². The summed E-state index contributed by atoms with van der Waals surface area (Å²) in [5.41, 5.74) is 1.31. The molecule has 0 aromatic carbocycles. The van der Waals surface area contributed by atoms with E-state index in [0.29, 0.717) is 0 Å². The lowest BCUT2D eigenvalue weighted by atomic mass is 10.2. The van der Waals surface area contributed by atoms with Gasteiger partial charge < -0.3 is 10.6 Å². The van der Waals surface area contributed by atoms with Crippen LogP contribution >= 0.6 is 35.3 Å². The van der Waals surface area contributed by atoms with Gasteiger partial charge in [-0.2, -0.15) is 11.3 Å². The number of hydrogen-bond donors (Lipinski definition) is 2. The second-order valence-corrected chi connectivity index (χ2v) is 4.82. The molecule has 0 atom stereocenters. The number of aliphatic imine (C=N–C) groups is 1. The minimum atomic E-state index is 0. The summed E-state index contributed by atoms with van der Waals surface area (Å²) in [6.45, 7) is 4.08. The minimum absolute atomic E-state index is 0. The van der Waals surface area contributed by atoms with Crippen molar-refractivity contribution in [1.29, 1.82) is 0 Å². The summed E-state index contributed by atoms with van der Waals surface area (Å²) in [5, 5.41) is 10.9. The Morgan fingerprint density at radius 2 is 2.11 bits per heavy atom. The first-order valence-electron chi connectivity index (χ1n) is 6.32. The van der Waals surface area contributed by atoms with Gasteiger partial charge in [-0.15, -0.1) is 24.0 Å². The van der Waals surface area contributed by atoms with E-state index in [0.717, 1.165) is 19.0 Å². The molecule has 0 radical (unpaired) electrons. The number of thiophene rings is 1. The largest absolute Gasteiger partial charge is 0.356 e. The molecule has 0 amide bonds. The van der Waals surface area contributed by atoms with Gasteiger partial charge in [0.25, 0.3) is 0 Å². The Balaban J connectivity index is 0.00000289. The molecule has 0 bridgehead atoms. The summed E-state index contributed by atoms with van der Waals surface area (Å²) in [6, 6.07) is 2.13. The maximum absolute atomic E-state index is 4.20. The third-order valence-electron chi connectivity index (χ3n) is 2.59. The van der Waals surface area contributed by atoms with Crippen molar-refractivity contribution in [3.63, 3.8) is 0 Å². The van der Waals surface area contributed by atoms with Crippen LogP contribution in [0.15, 0.2) is 21.8 Å². The zero-order valence-electron chi connectivity index (χ0n) is 11.2. The van der Waals surface area contributed by atoms with Gasteiger partial charge in [0.1, 0.15) is 0 Å². The van der Waals surface area contributed by atoms with Crippen LogP contribution in [0.4, 0.5) is 0 Å². The van der Waals surface area contributed by atoms with E-state index in [9.17, 15) is 0 Å². The van der Waals surface area contributed by atoms with E-state index in [1.54, 1.807) is 11.3 Å². The summed E-state index contributed by atoms with van der Waals surface area (Å²) < 4.78 is 0. The van der Waals surface area contributed by atoms with Gasteiger partial charge in [0.05, 0.1) is 0 Å². The lowest BCUT2D eigenvalue weighted by Gasteiger charge is -2.10. The van der Waals surface area contributed by atoms with Crippen molar-refractivity contribution in [2.45, 2.75) is 39.2 Å². The van der Waals surface area contributed by atoms with Crippen molar-refractivity contribution in [2.24, 2.45) is 4.99 Å². The molecule has 18 heavy (non-hydrogen) atoms. The van der Waals surface area contributed by atoms with Gasteiger partial charge in [0, 0.05) is 20.1 Å². The van der Waals surface area contributed by atoms with Gasteiger partial charge >= 0.3 is 0 Å². The first kappa shape index (κ1) is 17.7. The van der Waals surface area contributed by atoms with Crippen LogP contribution in [0.1, 0.15) is 38.2 Å². The Bertz CT molecular complexity index is 312. The molecule has 0 spiro atoms. The van der Waals surface area contributed by atoms with Crippen molar-refractivity contribution in [3.8, 4) is 0 Å². The highest BCUT2D eigenvalue weighted by atomic mass is 127. The average molecular weight is 381 g/mol. The summed E-state index contributed by atoms with van der Waals surface area (Å²) in [4.78, 5) is 4.20. The number of halogens is 1. The molecule has 0 aliphatic carbocycles. The van der Waals surface area contributed by atoms with Crippen LogP contribution in [0.3, 0.4) is 0 Å². The molecule has 0 saturated carbocycles. The molecule has 1 aromatic heterocycles. The zero-order valence-corrected chi connectivity index (χ0v) is 14.4. The van der Waals surface area contributed by atoms with Crippen molar-refractivity contribution in [2.75, 3.05) is 13.6 Å². The first-order chi connectivity index (χ1) is 8.36. The number of nitrogens with zero attached hydrogens (tertiary/aromatic N) is 1. The molecule has 0 aliphatic rings. The number of nitrogens with one attached hydrogen (secondary N) is 2. The summed E-state index contributed by atoms with van der Waals surface area (Å²) in [5.74, 6) is 0.896. The highest BCUT2D eigenvalue weighted by Gasteiger charge is 1.97. The molecule has 104 valence electrons. The van der Waals surface area contributed by atoms with Gasteiger partial charge in [-0.05, 0) is 28.8 Å². The number of guanidine groups is 1. The maximum Gasteiger partial charge on any atom is 0.191 e. The highest BCUT2D eigenvalue weighted by Crippen LogP contribution is 2.04. The molecule has 0 fully saturated rings. The van der Waals surface area contributed by atoms with Crippen LogP contribution in [-0.4, -0.2) is 19.6 Å². The lowest BCUT2D eigenvalue weighted by Crippen LogP contribution is -2.37. The second kappa shape index (κ2) is 11.8. The van der Waals surface area contributed by atoms with Gasteiger partial charge in [0.2, 0.25) is 0 Å². The van der Waals surface area contributed by atoms with Crippen LogP contribution in [0.5, 0.6) is 0 Å². The number of hydrogen-bond acceptors (Lipinski definition) is 2. The Hall–Kier alpha value is -0.300. The summed E-state index contributed by atoms with van der Waals surface area (Å²) in [7, 11) is 1.81. The third kappa shape index (κ3) is 7.92. The fourth-order valence-corrected chi connectivity index (χ4v) is 2.23. The zero-order chi connectivity index (χ0) is 12.3. The van der Waals surface area contributed by atoms with Gasteiger partial charge in [-0.25, -0.2) is 0 Å². The first-order valence-corrected chi connectivity index (χ1v) is 7.26. The van der Waals surface area contributed by atoms with Crippen molar-refractivity contribution in [3.05, 3.63) is 22.4 Å². The fraction of sp³-hybridized carbons (Fsp3) is 0.615. The molecule has 1 aromatic rings. The average Bonchev–Trinajstić information content (AvgIpc) is 2.86. The van der Waals surface area contributed by atoms with E-state index in [2.05, 4.69) is 39.4 Å². The molecule has 2 N–H and O–H groups in total. The van der Waals surface area contributed by atoms with Crippen molar-refractivity contribution < 1.29 is 0 Å². The van der Waals surface area contributed by atoms with Crippen LogP contribution in [0.2, 0.25) is 0 Å². The third-order valence-corrected chi connectivity index (χ3v) is 3.32. The molecule has 5 heteroatoms. The molecule has 1 rings (SSSR count).